The van der Waals surface area contributed by atoms with Gasteiger partial charge in [0.1, 0.15) is 23.5 Å². The molecule has 1 aromatic carbocycles. The highest BCUT2D eigenvalue weighted by Gasteiger charge is 2.25. The summed E-state index contributed by atoms with van der Waals surface area (Å²) >= 11 is 0. The molecule has 3 N–H and O–H groups in total. The number of pyridine rings is 1. The third kappa shape index (κ3) is 2.31. The predicted octanol–water partition coefficient (Wildman–Crippen LogP) is 1.51. The number of hydrogen-bond donors (Lipinski definition) is 1. The number of aromatic amines is 1. The Labute approximate surface area is 122 Å². The molecule has 0 aliphatic carbocycles. The molecule has 0 amide bonds. The highest BCUT2D eigenvalue weighted by molar-refractivity contribution is 5.84. The predicted molar refractivity (Wildman–Crippen MR) is 75.4 cm³/mol. The number of methoxy groups -OCH3 is 2. The summed E-state index contributed by atoms with van der Waals surface area (Å²) < 4.78 is 10.4. The number of nitrogens with two attached hydrogens (primary N) is 1. The van der Waals surface area contributed by atoms with E-state index in [9.17, 15) is 10.5 Å². The summed E-state index contributed by atoms with van der Waals surface area (Å²) in [6.07, 6.45) is 0. The molecule has 6 nitrogen and oxygen atoms in total. The maximum atomic E-state index is 9.43. The fraction of sp³-hybridized carbons (Fsp3) is 0.133. The number of nitrogen functional groups attached to an aromatic ring is 1. The Balaban J connectivity index is 2.93. The first-order valence-electron chi connectivity index (χ1n) is 6.04. The summed E-state index contributed by atoms with van der Waals surface area (Å²) in [6.45, 7) is 0. The van der Waals surface area contributed by atoms with Crippen LogP contribution in [-0.4, -0.2) is 14.2 Å². The van der Waals surface area contributed by atoms with E-state index in [0.717, 1.165) is 0 Å². The summed E-state index contributed by atoms with van der Waals surface area (Å²) in [4.78, 5) is 2.71. The average Bonchev–Trinajstić information content (AvgIpc) is 2.53. The van der Waals surface area contributed by atoms with Crippen LogP contribution in [0.25, 0.3) is 11.1 Å². The minimum Gasteiger partial charge on any atom is -0.496 e. The highest BCUT2D eigenvalue weighted by Crippen LogP contribution is 2.37. The van der Waals surface area contributed by atoms with Gasteiger partial charge in [0, 0.05) is 11.1 Å². The van der Waals surface area contributed by atoms with Gasteiger partial charge >= 0.3 is 5.88 Å². The number of benzene rings is 1. The third-order valence-corrected chi connectivity index (χ3v) is 3.05. The molecule has 0 unspecified atom stereocenters. The summed E-state index contributed by atoms with van der Waals surface area (Å²) in [5.74, 6) is 0.877. The fourth-order valence-corrected chi connectivity index (χ4v) is 2.12. The van der Waals surface area contributed by atoms with Crippen molar-refractivity contribution in [3.05, 3.63) is 35.4 Å². The first-order valence-corrected chi connectivity index (χ1v) is 6.04. The molecule has 0 aliphatic rings. The van der Waals surface area contributed by atoms with Gasteiger partial charge in [-0.3, -0.25) is 5.73 Å². The fourth-order valence-electron chi connectivity index (χ4n) is 2.12. The minimum atomic E-state index is 0.134. The van der Waals surface area contributed by atoms with Crippen LogP contribution in [0.4, 0.5) is 5.82 Å². The van der Waals surface area contributed by atoms with Crippen LogP contribution in [0.15, 0.2) is 24.3 Å². The van der Waals surface area contributed by atoms with E-state index in [-0.39, 0.29) is 22.8 Å². The van der Waals surface area contributed by atoms with Gasteiger partial charge in [-0.2, -0.15) is 10.5 Å². The Morgan fingerprint density at radius 1 is 1.05 bits per heavy atom. The zero-order chi connectivity index (χ0) is 15.4. The lowest BCUT2D eigenvalue weighted by Gasteiger charge is -2.12. The maximum absolute atomic E-state index is 9.43. The highest BCUT2D eigenvalue weighted by atomic mass is 16.5. The molecular formula is C15H13N4O2+. The zero-order valence-electron chi connectivity index (χ0n) is 11.6. The number of nitrogens with one attached hydrogen (secondary N) is 1. The number of para-hydroxylation sites is 1. The second-order valence-electron chi connectivity index (χ2n) is 4.12. The number of hydrogen-bond acceptors (Lipinski definition) is 5. The van der Waals surface area contributed by atoms with E-state index in [1.54, 1.807) is 24.3 Å². The number of H-pyrrole nitrogens is 1. The van der Waals surface area contributed by atoms with Gasteiger partial charge in [-0.15, -0.1) is 0 Å². The molecule has 0 atom stereocenters. The van der Waals surface area contributed by atoms with Crippen LogP contribution in [-0.2, 0) is 0 Å². The molecule has 1 aromatic heterocycles. The van der Waals surface area contributed by atoms with Gasteiger partial charge in [0.2, 0.25) is 0 Å². The number of rotatable bonds is 3. The minimum absolute atomic E-state index is 0.134. The third-order valence-electron chi connectivity index (χ3n) is 3.05. The zero-order valence-corrected chi connectivity index (χ0v) is 11.6. The lowest BCUT2D eigenvalue weighted by atomic mass is 9.95. The van der Waals surface area contributed by atoms with E-state index >= 15 is 0 Å². The van der Waals surface area contributed by atoms with Gasteiger partial charge in [-0.25, -0.2) is 4.98 Å². The Bertz CT molecular complexity index is 772. The Kier molecular flexibility index (Phi) is 3.92. The summed E-state index contributed by atoms with van der Waals surface area (Å²) in [5, 5.41) is 18.8. The number of aromatic nitrogens is 1. The van der Waals surface area contributed by atoms with Crippen molar-refractivity contribution in [3.63, 3.8) is 0 Å². The number of nitriles is 2. The number of ether oxygens (including phenoxy) is 2. The van der Waals surface area contributed by atoms with Crippen molar-refractivity contribution in [1.29, 1.82) is 10.5 Å². The summed E-state index contributed by atoms with van der Waals surface area (Å²) in [7, 11) is 2.94. The van der Waals surface area contributed by atoms with Crippen molar-refractivity contribution in [2.45, 2.75) is 0 Å². The standard InChI is InChI=1S/C15H12N4O2/c1-20-12-6-4-3-5-9(12)13-10(7-16)14(18)19-15(21-2)11(13)8-17/h3-6H,1-2H3,(H2,18,19)/p+1. The van der Waals surface area contributed by atoms with E-state index in [0.29, 0.717) is 16.9 Å². The molecule has 0 fully saturated rings. The smallest absolute Gasteiger partial charge is 0.300 e. The van der Waals surface area contributed by atoms with Crippen molar-refractivity contribution in [2.75, 3.05) is 20.0 Å². The van der Waals surface area contributed by atoms with Crippen molar-refractivity contribution in [1.82, 2.24) is 0 Å². The van der Waals surface area contributed by atoms with Crippen LogP contribution in [0.2, 0.25) is 0 Å². The Morgan fingerprint density at radius 2 is 1.71 bits per heavy atom. The van der Waals surface area contributed by atoms with Crippen molar-refractivity contribution in [2.24, 2.45) is 0 Å². The van der Waals surface area contributed by atoms with Crippen molar-refractivity contribution in [3.8, 4) is 34.9 Å². The summed E-state index contributed by atoms with van der Waals surface area (Å²) in [5.41, 5.74) is 7.23. The lowest BCUT2D eigenvalue weighted by molar-refractivity contribution is -0.376. The van der Waals surface area contributed by atoms with E-state index in [4.69, 9.17) is 15.2 Å². The number of anilines is 1. The molecule has 0 saturated carbocycles. The van der Waals surface area contributed by atoms with Crippen LogP contribution >= 0.6 is 0 Å². The SMILES string of the molecule is COc1ccccc1-c1c(C#N)c(N)[nH+]c(OC)c1C#N. The first kappa shape index (κ1) is 14.2. The van der Waals surface area contributed by atoms with Gasteiger partial charge in [-0.05, 0) is 6.07 Å². The maximum Gasteiger partial charge on any atom is 0.300 e. The largest absolute Gasteiger partial charge is 0.496 e. The van der Waals surface area contributed by atoms with Crippen LogP contribution < -0.4 is 20.2 Å². The molecule has 0 radical (unpaired) electrons. The van der Waals surface area contributed by atoms with Gasteiger partial charge in [-0.1, -0.05) is 18.2 Å². The van der Waals surface area contributed by atoms with Crippen molar-refractivity contribution >= 4 is 5.82 Å². The molecule has 104 valence electrons. The molecule has 21 heavy (non-hydrogen) atoms. The lowest BCUT2D eigenvalue weighted by Crippen LogP contribution is -2.18. The van der Waals surface area contributed by atoms with Crippen LogP contribution in [0.1, 0.15) is 11.1 Å². The molecule has 2 aromatic rings. The first-order chi connectivity index (χ1) is 10.2. The van der Waals surface area contributed by atoms with E-state index in [2.05, 4.69) is 4.98 Å². The topological polar surface area (TPSA) is 106 Å². The quantitative estimate of drug-likeness (QED) is 0.917. The molecule has 1 heterocycles. The molecular weight excluding hydrogens is 268 g/mol. The number of nitrogens with zero attached hydrogens (tertiary/aromatic N) is 2. The molecule has 0 spiro atoms. The van der Waals surface area contributed by atoms with E-state index in [1.807, 2.05) is 12.1 Å². The summed E-state index contributed by atoms with van der Waals surface area (Å²) in [6, 6.07) is 11.2. The van der Waals surface area contributed by atoms with Gasteiger partial charge in [0.15, 0.2) is 5.56 Å². The van der Waals surface area contributed by atoms with E-state index < -0.39 is 0 Å². The molecule has 0 saturated heterocycles. The van der Waals surface area contributed by atoms with Crippen LogP contribution in [0, 0.1) is 22.7 Å². The van der Waals surface area contributed by atoms with Crippen molar-refractivity contribution < 1.29 is 14.5 Å². The van der Waals surface area contributed by atoms with Gasteiger partial charge in [0.05, 0.1) is 14.2 Å². The molecule has 0 aliphatic heterocycles. The second kappa shape index (κ2) is 5.81. The van der Waals surface area contributed by atoms with Crippen LogP contribution in [0.5, 0.6) is 11.6 Å². The molecule has 2 rings (SSSR count). The van der Waals surface area contributed by atoms with Crippen LogP contribution in [0.3, 0.4) is 0 Å². The molecule has 0 bridgehead atoms. The average molecular weight is 281 g/mol. The van der Waals surface area contributed by atoms with Gasteiger partial charge < -0.3 is 9.47 Å². The monoisotopic (exact) mass is 281 g/mol. The second-order valence-corrected chi connectivity index (χ2v) is 4.12. The molecule has 6 heteroatoms. The Hall–Kier alpha value is -3.25. The Morgan fingerprint density at radius 3 is 2.29 bits per heavy atom. The van der Waals surface area contributed by atoms with E-state index in [1.165, 1.54) is 14.2 Å². The van der Waals surface area contributed by atoms with Gasteiger partial charge in [0.25, 0.3) is 5.82 Å². The normalized spacial score (nSPS) is 9.52.